The maximum atomic E-state index is 13.2. The molecule has 2 N–H and O–H groups in total. The molecule has 0 spiro atoms. The molecule has 7 heteroatoms. The number of piperazine rings is 1. The van der Waals surface area contributed by atoms with Crippen molar-refractivity contribution in [2.75, 3.05) is 38.1 Å². The number of hydrogen-bond acceptors (Lipinski definition) is 5. The predicted octanol–water partition coefficient (Wildman–Crippen LogP) is 5.05. The zero-order chi connectivity index (χ0) is 25.1. The van der Waals surface area contributed by atoms with Gasteiger partial charge in [0.05, 0.1) is 11.3 Å². The summed E-state index contributed by atoms with van der Waals surface area (Å²) in [6.45, 7) is 4.07. The molecular formula is C29H27FN4O2. The van der Waals surface area contributed by atoms with E-state index in [1.165, 1.54) is 12.1 Å². The van der Waals surface area contributed by atoms with Crippen LogP contribution in [-0.2, 0) is 0 Å². The van der Waals surface area contributed by atoms with Gasteiger partial charge in [0.15, 0.2) is 0 Å². The van der Waals surface area contributed by atoms with Crippen molar-refractivity contribution < 1.29 is 9.50 Å². The highest BCUT2D eigenvalue weighted by molar-refractivity contribution is 6.02. The number of halogens is 1. The van der Waals surface area contributed by atoms with E-state index in [0.717, 1.165) is 48.7 Å². The first kappa shape index (κ1) is 23.5. The van der Waals surface area contributed by atoms with Gasteiger partial charge in [-0.1, -0.05) is 30.4 Å². The Bertz CT molecular complexity index is 1480. The first-order valence-electron chi connectivity index (χ1n) is 11.9. The number of aliphatic imine (C=N–C) groups is 1. The molecular weight excluding hydrogens is 455 g/mol. The van der Waals surface area contributed by atoms with Gasteiger partial charge in [0, 0.05) is 48.9 Å². The second kappa shape index (κ2) is 10.2. The van der Waals surface area contributed by atoms with Crippen LogP contribution in [0.5, 0.6) is 5.88 Å². The molecule has 1 aromatic heterocycles. The number of aromatic amines is 1. The van der Waals surface area contributed by atoms with E-state index >= 15 is 0 Å². The molecule has 5 rings (SSSR count). The second-order valence-corrected chi connectivity index (χ2v) is 8.97. The van der Waals surface area contributed by atoms with Gasteiger partial charge in [-0.3, -0.25) is 14.8 Å². The van der Waals surface area contributed by atoms with Crippen LogP contribution in [0.4, 0.5) is 15.8 Å². The molecule has 3 aromatic carbocycles. The molecule has 0 amide bonds. The van der Waals surface area contributed by atoms with Crippen molar-refractivity contribution in [2.45, 2.75) is 0 Å². The first-order valence-corrected chi connectivity index (χ1v) is 11.9. The number of rotatable bonds is 5. The smallest absolute Gasteiger partial charge is 0.258 e. The van der Waals surface area contributed by atoms with Crippen LogP contribution >= 0.6 is 0 Å². The quantitative estimate of drug-likeness (QED) is 0.309. The highest BCUT2D eigenvalue weighted by Crippen LogP contribution is 2.25. The summed E-state index contributed by atoms with van der Waals surface area (Å²) >= 11 is 0. The zero-order valence-corrected chi connectivity index (χ0v) is 20.0. The molecule has 0 aliphatic carbocycles. The lowest BCUT2D eigenvalue weighted by atomic mass is 10.0. The Labute approximate surface area is 208 Å². The zero-order valence-electron chi connectivity index (χ0n) is 20.0. The van der Waals surface area contributed by atoms with E-state index in [0.29, 0.717) is 16.3 Å². The maximum absolute atomic E-state index is 13.2. The minimum Gasteiger partial charge on any atom is -0.494 e. The van der Waals surface area contributed by atoms with Crippen LogP contribution < -0.4 is 10.5 Å². The number of likely N-dealkylation sites (N-methyl/N-ethyl adjacent to an activating group) is 1. The molecule has 2 heterocycles. The van der Waals surface area contributed by atoms with Crippen molar-refractivity contribution in [1.82, 2.24) is 9.88 Å². The molecule has 6 nitrogen and oxygen atoms in total. The monoisotopic (exact) mass is 482 g/mol. The fourth-order valence-corrected chi connectivity index (χ4v) is 4.31. The van der Waals surface area contributed by atoms with Crippen molar-refractivity contribution in [1.29, 1.82) is 0 Å². The number of H-pyrrole nitrogens is 1. The number of fused-ring (bicyclic) bond motifs is 1. The number of nitrogens with zero attached hydrogens (tertiary/aromatic N) is 3. The van der Waals surface area contributed by atoms with Crippen molar-refractivity contribution in [3.63, 3.8) is 0 Å². The van der Waals surface area contributed by atoms with Crippen LogP contribution in [0.2, 0.25) is 0 Å². The number of hydrogen-bond donors (Lipinski definition) is 2. The molecule has 1 saturated heterocycles. The summed E-state index contributed by atoms with van der Waals surface area (Å²) in [7, 11) is 2.13. The number of benzene rings is 3. The van der Waals surface area contributed by atoms with Crippen molar-refractivity contribution in [3.05, 3.63) is 99.6 Å². The van der Waals surface area contributed by atoms with E-state index in [1.54, 1.807) is 24.4 Å². The van der Waals surface area contributed by atoms with E-state index in [2.05, 4.69) is 39.0 Å². The molecule has 0 unspecified atom stereocenters. The molecule has 182 valence electrons. The van der Waals surface area contributed by atoms with Gasteiger partial charge in [-0.25, -0.2) is 4.39 Å². The highest BCUT2D eigenvalue weighted by Gasteiger charge is 2.14. The molecule has 0 saturated carbocycles. The molecule has 36 heavy (non-hydrogen) atoms. The molecule has 0 bridgehead atoms. The maximum Gasteiger partial charge on any atom is 0.258 e. The Morgan fingerprint density at radius 2 is 1.56 bits per heavy atom. The summed E-state index contributed by atoms with van der Waals surface area (Å²) < 4.78 is 13.2. The summed E-state index contributed by atoms with van der Waals surface area (Å²) in [6, 6.07) is 19.6. The summed E-state index contributed by atoms with van der Waals surface area (Å²) in [5, 5.41) is 11.6. The second-order valence-electron chi connectivity index (χ2n) is 8.97. The number of nitrogens with one attached hydrogen (secondary N) is 1. The van der Waals surface area contributed by atoms with Crippen molar-refractivity contribution >= 4 is 40.5 Å². The number of aromatic nitrogens is 1. The van der Waals surface area contributed by atoms with Crippen LogP contribution in [0.3, 0.4) is 0 Å². The molecule has 1 aliphatic rings. The van der Waals surface area contributed by atoms with Gasteiger partial charge >= 0.3 is 0 Å². The lowest BCUT2D eigenvalue weighted by molar-refractivity contribution is 0.313. The van der Waals surface area contributed by atoms with Crippen LogP contribution in [-0.4, -0.2) is 54.4 Å². The van der Waals surface area contributed by atoms with Crippen LogP contribution in [0, 0.1) is 5.82 Å². The number of aromatic hydroxyl groups is 1. The summed E-state index contributed by atoms with van der Waals surface area (Å²) in [5.41, 5.74) is 3.67. The Balaban J connectivity index is 1.42. The van der Waals surface area contributed by atoms with Crippen LogP contribution in [0.25, 0.3) is 22.9 Å². The fourth-order valence-electron chi connectivity index (χ4n) is 4.31. The average molecular weight is 483 g/mol. The Hall–Kier alpha value is -4.23. The van der Waals surface area contributed by atoms with E-state index in [-0.39, 0.29) is 17.3 Å². The first-order chi connectivity index (χ1) is 17.5. The van der Waals surface area contributed by atoms with E-state index in [9.17, 15) is 14.3 Å². The Morgan fingerprint density at radius 3 is 2.28 bits per heavy atom. The predicted molar refractivity (Wildman–Crippen MR) is 145 cm³/mol. The Kier molecular flexibility index (Phi) is 6.64. The van der Waals surface area contributed by atoms with Gasteiger partial charge in [0.25, 0.3) is 5.56 Å². The normalized spacial score (nSPS) is 14.9. The Morgan fingerprint density at radius 1 is 0.889 bits per heavy atom. The summed E-state index contributed by atoms with van der Waals surface area (Å²) in [5.74, 6) is -0.518. The lowest BCUT2D eigenvalue weighted by Crippen LogP contribution is -2.44. The van der Waals surface area contributed by atoms with Gasteiger partial charge in [0.2, 0.25) is 5.88 Å². The lowest BCUT2D eigenvalue weighted by Gasteiger charge is -2.34. The largest absolute Gasteiger partial charge is 0.494 e. The molecule has 1 fully saturated rings. The minimum atomic E-state index is -0.370. The fraction of sp³-hybridized carbons (Fsp3) is 0.172. The van der Waals surface area contributed by atoms with Gasteiger partial charge in [0.1, 0.15) is 5.82 Å². The van der Waals surface area contributed by atoms with Gasteiger partial charge in [-0.15, -0.1) is 0 Å². The summed E-state index contributed by atoms with van der Waals surface area (Å²) in [6.07, 6.45) is 5.32. The van der Waals surface area contributed by atoms with Gasteiger partial charge < -0.3 is 14.9 Å². The third kappa shape index (κ3) is 5.21. The number of pyridine rings is 1. The topological polar surface area (TPSA) is 71.9 Å². The van der Waals surface area contributed by atoms with Crippen LogP contribution in [0.15, 0.2) is 76.5 Å². The molecule has 0 atom stereocenters. The third-order valence-corrected chi connectivity index (χ3v) is 6.46. The minimum absolute atomic E-state index is 0.232. The van der Waals surface area contributed by atoms with E-state index < -0.39 is 0 Å². The van der Waals surface area contributed by atoms with E-state index in [4.69, 9.17) is 0 Å². The van der Waals surface area contributed by atoms with Gasteiger partial charge in [-0.2, -0.15) is 0 Å². The summed E-state index contributed by atoms with van der Waals surface area (Å²) in [4.78, 5) is 24.2. The standard InChI is InChI=1S/C29H27FN4O2/c1-33-14-16-34(17-15-33)24-11-9-23(10-12-24)31-19-27-26-18-21(3-2-20-4-7-22(30)8-5-20)6-13-25(26)28(35)32-29(27)36/h2-13,18-19H,14-17H2,1H3,(H2,32,35,36)/b3-2+,31-19?. The van der Waals surface area contributed by atoms with Crippen molar-refractivity contribution in [3.8, 4) is 5.88 Å². The number of anilines is 1. The van der Waals surface area contributed by atoms with Gasteiger partial charge in [-0.05, 0) is 66.7 Å². The molecule has 1 aliphatic heterocycles. The molecule has 4 aromatic rings. The van der Waals surface area contributed by atoms with Crippen molar-refractivity contribution in [2.24, 2.45) is 4.99 Å². The average Bonchev–Trinajstić information content (AvgIpc) is 2.89. The van der Waals surface area contributed by atoms with Crippen LogP contribution in [0.1, 0.15) is 16.7 Å². The third-order valence-electron chi connectivity index (χ3n) is 6.46. The van der Waals surface area contributed by atoms with E-state index in [1.807, 2.05) is 36.4 Å². The molecule has 0 radical (unpaired) electrons. The highest BCUT2D eigenvalue weighted by atomic mass is 19.1. The SMILES string of the molecule is CN1CCN(c2ccc(N=Cc3c(O)[nH]c(=O)c4ccc(/C=C/c5ccc(F)cc5)cc34)cc2)CC1.